The molecule has 0 saturated carbocycles. The predicted molar refractivity (Wildman–Crippen MR) is 123 cm³/mol. The highest BCUT2D eigenvalue weighted by atomic mass is 35.5. The van der Waals surface area contributed by atoms with Gasteiger partial charge in [0.15, 0.2) is 0 Å². The van der Waals surface area contributed by atoms with Gasteiger partial charge in [-0.15, -0.1) is 0 Å². The molecule has 1 aliphatic rings. The highest BCUT2D eigenvalue weighted by molar-refractivity contribution is 6.47. The first kappa shape index (κ1) is 22.4. The average molecular weight is 465 g/mol. The predicted octanol–water partition coefficient (Wildman–Crippen LogP) is 4.37. The lowest BCUT2D eigenvalue weighted by Crippen LogP contribution is -2.29. The minimum Gasteiger partial charge on any atom is -0.507 e. The van der Waals surface area contributed by atoms with Crippen LogP contribution in [0.25, 0.3) is 5.76 Å². The van der Waals surface area contributed by atoms with Gasteiger partial charge < -0.3 is 19.5 Å². The monoisotopic (exact) mass is 464 g/mol. The third kappa shape index (κ3) is 4.27. The zero-order valence-corrected chi connectivity index (χ0v) is 18.7. The van der Waals surface area contributed by atoms with Gasteiger partial charge in [0, 0.05) is 24.5 Å². The second kappa shape index (κ2) is 9.34. The summed E-state index contributed by atoms with van der Waals surface area (Å²) in [4.78, 5) is 31.7. The van der Waals surface area contributed by atoms with E-state index < -0.39 is 17.7 Å². The van der Waals surface area contributed by atoms with E-state index in [1.807, 2.05) is 0 Å². The van der Waals surface area contributed by atoms with E-state index in [4.69, 9.17) is 21.1 Å². The molecular formula is C25H21ClN2O5. The van der Waals surface area contributed by atoms with E-state index >= 15 is 0 Å². The zero-order chi connectivity index (χ0) is 23.5. The zero-order valence-electron chi connectivity index (χ0n) is 18.0. The average Bonchev–Trinajstić information content (AvgIpc) is 3.09. The first-order valence-corrected chi connectivity index (χ1v) is 10.5. The van der Waals surface area contributed by atoms with Crippen LogP contribution in [-0.4, -0.2) is 40.9 Å². The van der Waals surface area contributed by atoms with Crippen LogP contribution in [0.3, 0.4) is 0 Å². The summed E-state index contributed by atoms with van der Waals surface area (Å²) in [5.74, 6) is -0.793. The van der Waals surface area contributed by atoms with Gasteiger partial charge in [-0.1, -0.05) is 23.7 Å². The summed E-state index contributed by atoms with van der Waals surface area (Å²) in [5.41, 5.74) is 1.60. The van der Waals surface area contributed by atoms with E-state index in [1.54, 1.807) is 68.0 Å². The van der Waals surface area contributed by atoms with Gasteiger partial charge >= 0.3 is 0 Å². The molecule has 3 aromatic rings. The molecular weight excluding hydrogens is 444 g/mol. The van der Waals surface area contributed by atoms with Crippen molar-refractivity contribution in [2.45, 2.75) is 12.6 Å². The molecule has 2 aromatic carbocycles. The molecule has 1 amide bonds. The van der Waals surface area contributed by atoms with Crippen LogP contribution in [0.15, 0.2) is 72.6 Å². The summed E-state index contributed by atoms with van der Waals surface area (Å²) in [5, 5.41) is 11.5. The fourth-order valence-corrected chi connectivity index (χ4v) is 4.03. The molecule has 1 saturated heterocycles. The molecule has 1 aromatic heterocycles. The molecule has 4 rings (SSSR count). The third-order valence-electron chi connectivity index (χ3n) is 5.50. The molecule has 7 nitrogen and oxygen atoms in total. The summed E-state index contributed by atoms with van der Waals surface area (Å²) in [6, 6.07) is 14.4. The summed E-state index contributed by atoms with van der Waals surface area (Å²) in [6.07, 6.45) is 3.23. The Kier molecular flexibility index (Phi) is 6.33. The summed E-state index contributed by atoms with van der Waals surface area (Å²) in [6.45, 7) is 0.159. The van der Waals surface area contributed by atoms with Crippen molar-refractivity contribution in [3.63, 3.8) is 0 Å². The minimum absolute atomic E-state index is 0.0469. The summed E-state index contributed by atoms with van der Waals surface area (Å²) >= 11 is 6.33. The van der Waals surface area contributed by atoms with Gasteiger partial charge in [0.05, 0.1) is 30.9 Å². The fraction of sp³-hybridized carbons (Fsp3) is 0.160. The number of aliphatic hydroxyl groups is 1. The molecule has 1 atom stereocenters. The first-order chi connectivity index (χ1) is 15.9. The molecule has 0 aliphatic carbocycles. The first-order valence-electron chi connectivity index (χ1n) is 10.1. The number of aromatic nitrogens is 1. The number of carbonyl (C=O) groups excluding carboxylic acids is 2. The molecule has 2 heterocycles. The Morgan fingerprint density at radius 2 is 1.64 bits per heavy atom. The van der Waals surface area contributed by atoms with Crippen molar-refractivity contribution in [1.82, 2.24) is 9.88 Å². The van der Waals surface area contributed by atoms with Crippen molar-refractivity contribution in [3.05, 3.63) is 94.3 Å². The van der Waals surface area contributed by atoms with Gasteiger partial charge in [-0.2, -0.15) is 0 Å². The standard InChI is InChI=1S/C25H21ClN2O5/c1-32-17-5-3-16(4-6-17)22-21(23(29)19-13-18(33-2)7-8-20(19)26)24(30)25(31)28(22)14-15-9-11-27-12-10-15/h3-13,22,29H,14H2,1-2H3/b23-21+. The number of ketones is 1. The van der Waals surface area contributed by atoms with E-state index in [0.29, 0.717) is 17.1 Å². The maximum atomic E-state index is 13.2. The van der Waals surface area contributed by atoms with E-state index in [2.05, 4.69) is 4.98 Å². The Balaban J connectivity index is 1.89. The van der Waals surface area contributed by atoms with Crippen molar-refractivity contribution >= 4 is 29.1 Å². The molecule has 0 bridgehead atoms. The Morgan fingerprint density at radius 3 is 2.27 bits per heavy atom. The molecule has 1 N–H and O–H groups in total. The Labute approximate surface area is 195 Å². The SMILES string of the molecule is COc1ccc(C2/C(=C(\O)c3cc(OC)ccc3Cl)C(=O)C(=O)N2Cc2ccncc2)cc1. The topological polar surface area (TPSA) is 89.0 Å². The number of carbonyl (C=O) groups is 2. The number of rotatable bonds is 6. The fourth-order valence-electron chi connectivity index (χ4n) is 3.82. The van der Waals surface area contributed by atoms with Crippen LogP contribution in [0.4, 0.5) is 0 Å². The van der Waals surface area contributed by atoms with Crippen molar-refractivity contribution < 1.29 is 24.2 Å². The number of pyridine rings is 1. The quantitative estimate of drug-likeness (QED) is 0.331. The number of aliphatic hydroxyl groups excluding tert-OH is 1. The lowest BCUT2D eigenvalue weighted by molar-refractivity contribution is -0.140. The van der Waals surface area contributed by atoms with Gasteiger partial charge in [-0.05, 0) is 53.6 Å². The highest BCUT2D eigenvalue weighted by Crippen LogP contribution is 2.42. The Hall–Kier alpha value is -3.84. The number of halogens is 1. The largest absolute Gasteiger partial charge is 0.507 e. The Bertz CT molecular complexity index is 1230. The van der Waals surface area contributed by atoms with E-state index in [1.165, 1.54) is 18.1 Å². The minimum atomic E-state index is -0.827. The van der Waals surface area contributed by atoms with Crippen molar-refractivity contribution in [1.29, 1.82) is 0 Å². The molecule has 1 fully saturated rings. The molecule has 1 unspecified atom stereocenters. The lowest BCUT2D eigenvalue weighted by Gasteiger charge is -2.25. The molecule has 1 aliphatic heterocycles. The number of Topliss-reactive ketones (excluding diaryl/α,β-unsaturated/α-hetero) is 1. The highest BCUT2D eigenvalue weighted by Gasteiger charge is 2.46. The van der Waals surface area contributed by atoms with Crippen LogP contribution in [-0.2, 0) is 16.1 Å². The van der Waals surface area contributed by atoms with Gasteiger partial charge in [0.2, 0.25) is 0 Å². The van der Waals surface area contributed by atoms with Crippen LogP contribution in [0, 0.1) is 0 Å². The third-order valence-corrected chi connectivity index (χ3v) is 5.83. The number of hydrogen-bond donors (Lipinski definition) is 1. The van der Waals surface area contributed by atoms with E-state index in [-0.39, 0.29) is 28.5 Å². The van der Waals surface area contributed by atoms with Crippen LogP contribution >= 0.6 is 11.6 Å². The number of hydrogen-bond acceptors (Lipinski definition) is 6. The number of likely N-dealkylation sites (tertiary alicyclic amines) is 1. The van der Waals surface area contributed by atoms with Gasteiger partial charge in [-0.3, -0.25) is 14.6 Å². The number of amides is 1. The molecule has 8 heteroatoms. The number of benzene rings is 2. The van der Waals surface area contributed by atoms with Crippen LogP contribution in [0.2, 0.25) is 5.02 Å². The molecule has 33 heavy (non-hydrogen) atoms. The van der Waals surface area contributed by atoms with Crippen LogP contribution in [0.1, 0.15) is 22.7 Å². The number of methoxy groups -OCH3 is 2. The van der Waals surface area contributed by atoms with Crippen LogP contribution in [0.5, 0.6) is 11.5 Å². The van der Waals surface area contributed by atoms with Gasteiger partial charge in [0.1, 0.15) is 17.3 Å². The maximum Gasteiger partial charge on any atom is 0.295 e. The molecule has 0 spiro atoms. The summed E-state index contributed by atoms with van der Waals surface area (Å²) < 4.78 is 10.5. The Morgan fingerprint density at radius 1 is 1.00 bits per heavy atom. The van der Waals surface area contributed by atoms with Crippen molar-refractivity contribution in [3.8, 4) is 11.5 Å². The maximum absolute atomic E-state index is 13.2. The summed E-state index contributed by atoms with van der Waals surface area (Å²) in [7, 11) is 3.04. The number of nitrogens with zero attached hydrogens (tertiary/aromatic N) is 2. The van der Waals surface area contributed by atoms with E-state index in [0.717, 1.165) is 5.56 Å². The lowest BCUT2D eigenvalue weighted by atomic mass is 9.95. The van der Waals surface area contributed by atoms with Crippen molar-refractivity contribution in [2.75, 3.05) is 14.2 Å². The molecule has 168 valence electrons. The number of ether oxygens (including phenoxy) is 2. The normalized spacial score (nSPS) is 17.3. The second-order valence-corrected chi connectivity index (χ2v) is 7.81. The molecule has 0 radical (unpaired) electrons. The van der Waals surface area contributed by atoms with Gasteiger partial charge in [0.25, 0.3) is 11.7 Å². The van der Waals surface area contributed by atoms with Gasteiger partial charge in [-0.25, -0.2) is 0 Å². The smallest absolute Gasteiger partial charge is 0.295 e. The van der Waals surface area contributed by atoms with E-state index in [9.17, 15) is 14.7 Å². The van der Waals surface area contributed by atoms with Crippen LogP contribution < -0.4 is 9.47 Å². The second-order valence-electron chi connectivity index (χ2n) is 7.40. The van der Waals surface area contributed by atoms with Crippen molar-refractivity contribution in [2.24, 2.45) is 0 Å².